The Labute approximate surface area is 217 Å². The number of aromatic hydroxyl groups is 2. The summed E-state index contributed by atoms with van der Waals surface area (Å²) in [6.45, 7) is 0. The summed E-state index contributed by atoms with van der Waals surface area (Å²) in [5, 5.41) is 27.9. The van der Waals surface area contributed by atoms with Crippen LogP contribution in [0.2, 0.25) is 10.0 Å². The van der Waals surface area contributed by atoms with Crippen LogP contribution in [0.25, 0.3) is 54.9 Å². The highest BCUT2D eigenvalue weighted by atomic mass is 35.5. The number of hydrogen-bond acceptors (Lipinski definition) is 4. The van der Waals surface area contributed by atoms with E-state index in [1.807, 2.05) is 60.7 Å². The van der Waals surface area contributed by atoms with Gasteiger partial charge in [-0.05, 0) is 93.3 Å². The molecule has 0 atom stereocenters. The van der Waals surface area contributed by atoms with Crippen LogP contribution in [-0.2, 0) is 0 Å². The van der Waals surface area contributed by atoms with Gasteiger partial charge in [0.2, 0.25) is 0 Å². The quantitative estimate of drug-likeness (QED) is 0.251. The van der Waals surface area contributed by atoms with Crippen molar-refractivity contribution in [1.82, 2.24) is 9.97 Å². The van der Waals surface area contributed by atoms with Gasteiger partial charge in [0.15, 0.2) is 0 Å². The fourth-order valence-corrected chi connectivity index (χ4v) is 5.10. The van der Waals surface area contributed by atoms with Crippen molar-refractivity contribution in [1.29, 1.82) is 0 Å². The maximum Gasteiger partial charge on any atom is 0.132 e. The zero-order valence-electron chi connectivity index (χ0n) is 18.8. The van der Waals surface area contributed by atoms with Crippen LogP contribution in [0.1, 0.15) is 0 Å². The molecule has 0 saturated heterocycles. The maximum atomic E-state index is 11.8. The van der Waals surface area contributed by atoms with Crippen LogP contribution in [0.3, 0.4) is 0 Å². The largest absolute Gasteiger partial charge is 0.507 e. The van der Waals surface area contributed by atoms with Crippen LogP contribution < -0.4 is 0 Å². The maximum absolute atomic E-state index is 11.8. The molecule has 0 fully saturated rings. The molecule has 6 rings (SSSR count). The highest BCUT2D eigenvalue weighted by Crippen LogP contribution is 2.51. The van der Waals surface area contributed by atoms with Crippen molar-refractivity contribution < 1.29 is 10.2 Å². The fourth-order valence-electron chi connectivity index (χ4n) is 4.74. The van der Waals surface area contributed by atoms with Crippen molar-refractivity contribution in [3.8, 4) is 44.9 Å². The third kappa shape index (κ3) is 3.72. The van der Waals surface area contributed by atoms with Gasteiger partial charge in [-0.3, -0.25) is 9.97 Å². The molecule has 0 aliphatic carbocycles. The SMILES string of the molecule is Oc1c(-c2ccncc2)cc2cc(Cl)ccc2c1-c1c(O)c(-c2ccncc2)cc2cc(Cl)ccc12. The number of phenols is 2. The van der Waals surface area contributed by atoms with Crippen molar-refractivity contribution >= 4 is 44.7 Å². The van der Waals surface area contributed by atoms with E-state index in [0.717, 1.165) is 32.7 Å². The van der Waals surface area contributed by atoms with Crippen molar-refractivity contribution in [2.45, 2.75) is 0 Å². The second kappa shape index (κ2) is 8.83. The van der Waals surface area contributed by atoms with Crippen LogP contribution >= 0.6 is 23.2 Å². The first kappa shape index (κ1) is 22.4. The van der Waals surface area contributed by atoms with E-state index >= 15 is 0 Å². The lowest BCUT2D eigenvalue weighted by atomic mass is 9.86. The van der Waals surface area contributed by atoms with Gasteiger partial charge in [-0.15, -0.1) is 0 Å². The number of aromatic nitrogens is 2. The van der Waals surface area contributed by atoms with E-state index in [-0.39, 0.29) is 11.5 Å². The first-order valence-corrected chi connectivity index (χ1v) is 12.0. The van der Waals surface area contributed by atoms with E-state index < -0.39 is 0 Å². The smallest absolute Gasteiger partial charge is 0.132 e. The van der Waals surface area contributed by atoms with E-state index in [1.54, 1.807) is 36.9 Å². The monoisotopic (exact) mass is 508 g/mol. The predicted molar refractivity (Wildman–Crippen MR) is 147 cm³/mol. The molecule has 0 amide bonds. The summed E-state index contributed by atoms with van der Waals surface area (Å²) < 4.78 is 0. The Morgan fingerprint density at radius 1 is 0.500 bits per heavy atom. The summed E-state index contributed by atoms with van der Waals surface area (Å²) in [5.41, 5.74) is 3.83. The van der Waals surface area contributed by atoms with Crippen molar-refractivity contribution in [3.05, 3.63) is 108 Å². The molecule has 0 spiro atoms. The van der Waals surface area contributed by atoms with Gasteiger partial charge in [-0.25, -0.2) is 0 Å². The Morgan fingerprint density at radius 2 is 0.889 bits per heavy atom. The number of benzene rings is 4. The summed E-state index contributed by atoms with van der Waals surface area (Å²) in [6, 6.07) is 22.1. The number of halogens is 2. The molecule has 4 aromatic carbocycles. The van der Waals surface area contributed by atoms with Crippen molar-refractivity contribution in [3.63, 3.8) is 0 Å². The van der Waals surface area contributed by atoms with E-state index in [2.05, 4.69) is 9.97 Å². The molecule has 0 radical (unpaired) electrons. The van der Waals surface area contributed by atoms with Gasteiger partial charge >= 0.3 is 0 Å². The summed E-state index contributed by atoms with van der Waals surface area (Å²) in [7, 11) is 0. The third-order valence-corrected chi connectivity index (χ3v) is 6.85. The summed E-state index contributed by atoms with van der Waals surface area (Å²) in [6.07, 6.45) is 6.70. The van der Waals surface area contributed by atoms with Crippen molar-refractivity contribution in [2.75, 3.05) is 0 Å². The Balaban J connectivity index is 1.80. The molecule has 0 bridgehead atoms. The molecular formula is C30H18Cl2N2O2. The van der Waals surface area contributed by atoms with Crippen LogP contribution in [0.5, 0.6) is 11.5 Å². The molecule has 36 heavy (non-hydrogen) atoms. The number of phenolic OH excluding ortho intramolecular Hbond substituents is 2. The third-order valence-electron chi connectivity index (χ3n) is 6.38. The van der Waals surface area contributed by atoms with E-state index in [4.69, 9.17) is 23.2 Å². The number of pyridine rings is 2. The minimum absolute atomic E-state index is 0.0504. The first-order chi connectivity index (χ1) is 17.5. The number of hydrogen-bond donors (Lipinski definition) is 2. The second-order valence-electron chi connectivity index (χ2n) is 8.50. The molecule has 0 saturated carbocycles. The molecule has 6 heteroatoms. The van der Waals surface area contributed by atoms with Gasteiger partial charge in [-0.2, -0.15) is 0 Å². The number of rotatable bonds is 3. The summed E-state index contributed by atoms with van der Waals surface area (Å²) >= 11 is 12.7. The van der Waals surface area contributed by atoms with E-state index in [1.165, 1.54) is 0 Å². The van der Waals surface area contributed by atoms with E-state index in [0.29, 0.717) is 32.3 Å². The lowest BCUT2D eigenvalue weighted by Crippen LogP contribution is -1.92. The molecule has 4 nitrogen and oxygen atoms in total. The molecule has 0 unspecified atom stereocenters. The van der Waals surface area contributed by atoms with Gasteiger partial charge < -0.3 is 10.2 Å². The minimum atomic E-state index is 0.0504. The molecule has 174 valence electrons. The zero-order valence-corrected chi connectivity index (χ0v) is 20.3. The minimum Gasteiger partial charge on any atom is -0.507 e. The lowest BCUT2D eigenvalue weighted by molar-refractivity contribution is 0.472. The zero-order chi connectivity index (χ0) is 24.8. The summed E-state index contributed by atoms with van der Waals surface area (Å²) in [4.78, 5) is 8.21. The highest BCUT2D eigenvalue weighted by molar-refractivity contribution is 6.32. The molecule has 2 aromatic heterocycles. The van der Waals surface area contributed by atoms with Crippen LogP contribution in [0.4, 0.5) is 0 Å². The number of nitrogens with zero attached hydrogens (tertiary/aromatic N) is 2. The van der Waals surface area contributed by atoms with Gasteiger partial charge in [-0.1, -0.05) is 35.3 Å². The Morgan fingerprint density at radius 3 is 1.28 bits per heavy atom. The molecule has 6 aromatic rings. The van der Waals surface area contributed by atoms with Crippen LogP contribution in [0, 0.1) is 0 Å². The second-order valence-corrected chi connectivity index (χ2v) is 9.37. The molecule has 2 heterocycles. The Hall–Kier alpha value is -4.12. The highest BCUT2D eigenvalue weighted by Gasteiger charge is 2.23. The fraction of sp³-hybridized carbons (Fsp3) is 0. The number of fused-ring (bicyclic) bond motifs is 2. The van der Waals surface area contributed by atoms with E-state index in [9.17, 15) is 10.2 Å². The predicted octanol–water partition coefficient (Wildman–Crippen LogP) is 8.50. The van der Waals surface area contributed by atoms with Gasteiger partial charge in [0.1, 0.15) is 11.5 Å². The topological polar surface area (TPSA) is 66.2 Å². The molecule has 2 N–H and O–H groups in total. The van der Waals surface area contributed by atoms with Crippen LogP contribution in [0.15, 0.2) is 97.6 Å². The first-order valence-electron chi connectivity index (χ1n) is 11.2. The Bertz CT molecular complexity index is 1640. The lowest BCUT2D eigenvalue weighted by Gasteiger charge is -2.19. The molecule has 0 aliphatic rings. The normalized spacial score (nSPS) is 11.3. The van der Waals surface area contributed by atoms with Crippen LogP contribution in [-0.4, -0.2) is 20.2 Å². The standard InChI is InChI=1S/C30H18Cl2N2O2/c31-21-1-3-23-19(13-21)15-25(17-5-9-33-10-6-17)29(35)27(23)28-24-4-2-22(32)14-20(24)16-26(30(28)36)18-7-11-34-12-8-18/h1-16,35-36H. The van der Waals surface area contributed by atoms with Crippen molar-refractivity contribution in [2.24, 2.45) is 0 Å². The van der Waals surface area contributed by atoms with Gasteiger partial charge in [0.25, 0.3) is 0 Å². The average molecular weight is 509 g/mol. The molecule has 0 aliphatic heterocycles. The van der Waals surface area contributed by atoms with Gasteiger partial charge in [0.05, 0.1) is 0 Å². The summed E-state index contributed by atoms with van der Waals surface area (Å²) in [5.74, 6) is 0.101. The average Bonchev–Trinajstić information content (AvgIpc) is 2.90. The molecular weight excluding hydrogens is 491 g/mol. The van der Waals surface area contributed by atoms with Gasteiger partial charge in [0, 0.05) is 57.1 Å². The Kier molecular flexibility index (Phi) is 5.48.